The van der Waals surface area contributed by atoms with Crippen LogP contribution in [0.3, 0.4) is 0 Å². The summed E-state index contributed by atoms with van der Waals surface area (Å²) in [4.78, 5) is 31.3. The fourth-order valence-corrected chi connectivity index (χ4v) is 4.02. The van der Waals surface area contributed by atoms with Gasteiger partial charge in [-0.05, 0) is 24.1 Å². The highest BCUT2D eigenvalue weighted by molar-refractivity contribution is 5.96. The largest absolute Gasteiger partial charge is 0.356 e. The van der Waals surface area contributed by atoms with Crippen LogP contribution in [0.2, 0.25) is 0 Å². The van der Waals surface area contributed by atoms with Gasteiger partial charge in [-0.1, -0.05) is 30.3 Å². The normalized spacial score (nSPS) is 25.9. The zero-order chi connectivity index (χ0) is 16.6. The lowest BCUT2D eigenvalue weighted by molar-refractivity contribution is -0.127. The maximum Gasteiger partial charge on any atom is 0.255 e. The molecule has 2 aliphatic rings. The Balaban J connectivity index is 1.69. The van der Waals surface area contributed by atoms with Crippen molar-refractivity contribution in [3.63, 3.8) is 0 Å². The predicted octanol–water partition coefficient (Wildman–Crippen LogP) is 1.83. The number of hydrogen-bond donors (Lipinski definition) is 1. The fourth-order valence-electron chi connectivity index (χ4n) is 4.02. The Kier molecular flexibility index (Phi) is 3.56. The molecule has 2 fully saturated rings. The Morgan fingerprint density at radius 3 is 2.71 bits per heavy atom. The molecule has 2 amide bonds. The first-order valence-corrected chi connectivity index (χ1v) is 8.23. The third-order valence-corrected chi connectivity index (χ3v) is 5.25. The molecular weight excluding hydrogens is 302 g/mol. The van der Waals surface area contributed by atoms with Gasteiger partial charge >= 0.3 is 0 Å². The number of carbonyl (C=O) groups excluding carboxylic acids is 2. The van der Waals surface area contributed by atoms with Gasteiger partial charge in [0.25, 0.3) is 5.91 Å². The molecule has 4 rings (SSSR count). The van der Waals surface area contributed by atoms with Gasteiger partial charge < -0.3 is 10.2 Å². The molecule has 24 heavy (non-hydrogen) atoms. The number of nitrogens with zero attached hydrogens (tertiary/aromatic N) is 2. The molecule has 2 aliphatic heterocycles. The average Bonchev–Trinajstić information content (AvgIpc) is 3.20. The van der Waals surface area contributed by atoms with E-state index in [2.05, 4.69) is 22.4 Å². The Hall–Kier alpha value is -2.69. The molecule has 2 aromatic rings. The van der Waals surface area contributed by atoms with Crippen LogP contribution in [0.15, 0.2) is 54.9 Å². The first-order chi connectivity index (χ1) is 11.7. The van der Waals surface area contributed by atoms with Gasteiger partial charge in [0.2, 0.25) is 5.91 Å². The minimum atomic E-state index is -0.515. The van der Waals surface area contributed by atoms with Gasteiger partial charge in [-0.15, -0.1) is 0 Å². The molecule has 5 heteroatoms. The predicted molar refractivity (Wildman–Crippen MR) is 89.4 cm³/mol. The third-order valence-electron chi connectivity index (χ3n) is 5.25. The number of nitrogens with one attached hydrogen (secondary N) is 1. The monoisotopic (exact) mass is 321 g/mol. The Labute approximate surface area is 140 Å². The second-order valence-electron chi connectivity index (χ2n) is 6.55. The van der Waals surface area contributed by atoms with Gasteiger partial charge in [-0.3, -0.25) is 14.6 Å². The average molecular weight is 321 g/mol. The highest BCUT2D eigenvalue weighted by Crippen LogP contribution is 2.47. The summed E-state index contributed by atoms with van der Waals surface area (Å²) in [5, 5.41) is 2.96. The van der Waals surface area contributed by atoms with Crippen LogP contribution in [-0.2, 0) is 4.79 Å². The van der Waals surface area contributed by atoms with Crippen LogP contribution in [0.25, 0.3) is 0 Å². The minimum absolute atomic E-state index is 0.0295. The quantitative estimate of drug-likeness (QED) is 0.918. The van der Waals surface area contributed by atoms with E-state index >= 15 is 0 Å². The van der Waals surface area contributed by atoms with Crippen LogP contribution in [-0.4, -0.2) is 41.3 Å². The first-order valence-electron chi connectivity index (χ1n) is 8.23. The standard InChI is InChI=1S/C19H19N3O2/c23-17(15-7-4-9-20-11-15)22-12-16(14-5-2-1-3-6-14)19(13-22)8-10-21-18(19)24/h1-7,9,11,16H,8,10,12-13H2,(H,21,24)/t16-,19+/m1/s1. The maximum atomic E-state index is 12.8. The van der Waals surface area contributed by atoms with E-state index in [1.165, 1.54) is 0 Å². The number of benzene rings is 1. The van der Waals surface area contributed by atoms with Gasteiger partial charge in [-0.25, -0.2) is 0 Å². The summed E-state index contributed by atoms with van der Waals surface area (Å²) in [5.74, 6) is 0.0419. The molecular formula is C19H19N3O2. The van der Waals surface area contributed by atoms with Crippen molar-refractivity contribution in [3.8, 4) is 0 Å². The van der Waals surface area contributed by atoms with E-state index in [4.69, 9.17) is 0 Å². The lowest BCUT2D eigenvalue weighted by Crippen LogP contribution is -2.38. The van der Waals surface area contributed by atoms with Gasteiger partial charge in [0.1, 0.15) is 0 Å². The van der Waals surface area contributed by atoms with E-state index in [-0.39, 0.29) is 17.7 Å². The molecule has 1 spiro atoms. The first kappa shape index (κ1) is 14.9. The van der Waals surface area contributed by atoms with E-state index in [1.54, 1.807) is 29.4 Å². The van der Waals surface area contributed by atoms with Gasteiger partial charge in [0.05, 0.1) is 11.0 Å². The van der Waals surface area contributed by atoms with Crippen molar-refractivity contribution in [1.82, 2.24) is 15.2 Å². The molecule has 2 atom stereocenters. The summed E-state index contributed by atoms with van der Waals surface area (Å²) in [5.41, 5.74) is 1.18. The molecule has 0 saturated carbocycles. The van der Waals surface area contributed by atoms with Crippen molar-refractivity contribution >= 4 is 11.8 Å². The van der Waals surface area contributed by atoms with Crippen LogP contribution in [0.1, 0.15) is 28.3 Å². The molecule has 1 aromatic carbocycles. The summed E-state index contributed by atoms with van der Waals surface area (Å²) < 4.78 is 0. The molecule has 0 aliphatic carbocycles. The number of pyridine rings is 1. The highest BCUT2D eigenvalue weighted by atomic mass is 16.2. The minimum Gasteiger partial charge on any atom is -0.356 e. The molecule has 1 aromatic heterocycles. The third kappa shape index (κ3) is 2.28. The summed E-state index contributed by atoms with van der Waals surface area (Å²) in [7, 11) is 0. The van der Waals surface area contributed by atoms with Crippen LogP contribution in [0.5, 0.6) is 0 Å². The number of aromatic nitrogens is 1. The SMILES string of the molecule is O=C(c1cccnc1)N1C[C@H](c2ccccc2)[C@]2(CCNC2=O)C1. The number of likely N-dealkylation sites (tertiary alicyclic amines) is 1. The van der Waals surface area contributed by atoms with Crippen LogP contribution in [0.4, 0.5) is 0 Å². The van der Waals surface area contributed by atoms with Crippen molar-refractivity contribution in [3.05, 3.63) is 66.0 Å². The number of carbonyl (C=O) groups is 2. The number of hydrogen-bond acceptors (Lipinski definition) is 3. The summed E-state index contributed by atoms with van der Waals surface area (Å²) in [6, 6.07) is 13.6. The van der Waals surface area contributed by atoms with Crippen LogP contribution >= 0.6 is 0 Å². The zero-order valence-electron chi connectivity index (χ0n) is 13.3. The van der Waals surface area contributed by atoms with E-state index in [9.17, 15) is 9.59 Å². The molecule has 3 heterocycles. The summed E-state index contributed by atoms with van der Waals surface area (Å²) in [6.45, 7) is 1.70. The second kappa shape index (κ2) is 5.74. The smallest absolute Gasteiger partial charge is 0.255 e. The van der Waals surface area contributed by atoms with Crippen molar-refractivity contribution in [1.29, 1.82) is 0 Å². The fraction of sp³-hybridized carbons (Fsp3) is 0.316. The number of amides is 2. The molecule has 122 valence electrons. The van der Waals surface area contributed by atoms with E-state index < -0.39 is 5.41 Å². The van der Waals surface area contributed by atoms with Crippen LogP contribution < -0.4 is 5.32 Å². The van der Waals surface area contributed by atoms with Crippen molar-refractivity contribution < 1.29 is 9.59 Å². The molecule has 0 unspecified atom stereocenters. The summed E-state index contributed by atoms with van der Waals surface area (Å²) >= 11 is 0. The Bertz CT molecular complexity index is 763. The van der Waals surface area contributed by atoms with E-state index in [1.807, 2.05) is 18.2 Å². The molecule has 5 nitrogen and oxygen atoms in total. The topological polar surface area (TPSA) is 62.3 Å². The van der Waals surface area contributed by atoms with Crippen molar-refractivity contribution in [2.24, 2.45) is 5.41 Å². The van der Waals surface area contributed by atoms with Crippen molar-refractivity contribution in [2.45, 2.75) is 12.3 Å². The highest BCUT2D eigenvalue weighted by Gasteiger charge is 2.55. The number of rotatable bonds is 2. The molecule has 2 saturated heterocycles. The second-order valence-corrected chi connectivity index (χ2v) is 6.55. The summed E-state index contributed by atoms with van der Waals surface area (Å²) in [6.07, 6.45) is 4.00. The van der Waals surface area contributed by atoms with Gasteiger partial charge in [-0.2, -0.15) is 0 Å². The molecule has 0 radical (unpaired) electrons. The lowest BCUT2D eigenvalue weighted by Gasteiger charge is -2.27. The molecule has 1 N–H and O–H groups in total. The van der Waals surface area contributed by atoms with Gasteiger partial charge in [0.15, 0.2) is 0 Å². The molecule has 0 bridgehead atoms. The Morgan fingerprint density at radius 1 is 1.21 bits per heavy atom. The Morgan fingerprint density at radius 2 is 2.04 bits per heavy atom. The lowest BCUT2D eigenvalue weighted by atomic mass is 9.73. The maximum absolute atomic E-state index is 12.8. The van der Waals surface area contributed by atoms with E-state index in [0.717, 1.165) is 12.0 Å². The van der Waals surface area contributed by atoms with E-state index in [0.29, 0.717) is 25.2 Å². The van der Waals surface area contributed by atoms with Gasteiger partial charge in [0, 0.05) is 37.9 Å². The van der Waals surface area contributed by atoms with Crippen molar-refractivity contribution in [2.75, 3.05) is 19.6 Å². The van der Waals surface area contributed by atoms with Crippen LogP contribution in [0, 0.1) is 5.41 Å². The zero-order valence-corrected chi connectivity index (χ0v) is 13.3.